The fourth-order valence-electron chi connectivity index (χ4n) is 4.48. The van der Waals surface area contributed by atoms with Gasteiger partial charge in [0.05, 0.1) is 10.0 Å². The molecule has 2 amide bonds. The highest BCUT2D eigenvalue weighted by atomic mass is 35.5. The molecule has 0 aliphatic carbocycles. The Kier molecular flexibility index (Phi) is 11.5. The Morgan fingerprint density at radius 3 is 1.49 bits per heavy atom. The third kappa shape index (κ3) is 9.02. The summed E-state index contributed by atoms with van der Waals surface area (Å²) in [5.74, 6) is -2.16. The summed E-state index contributed by atoms with van der Waals surface area (Å²) in [6.07, 6.45) is 0. The van der Waals surface area contributed by atoms with Gasteiger partial charge >= 0.3 is 0 Å². The summed E-state index contributed by atoms with van der Waals surface area (Å²) in [5.41, 5.74) is 5.79. The number of benzene rings is 4. The van der Waals surface area contributed by atoms with Crippen LogP contribution in [-0.2, 0) is 19.2 Å². The summed E-state index contributed by atoms with van der Waals surface area (Å²) in [5, 5.41) is 22.1. The molecule has 0 fully saturated rings. The van der Waals surface area contributed by atoms with E-state index in [1.54, 1.807) is 54.6 Å². The lowest BCUT2D eigenvalue weighted by atomic mass is 10.0. The number of aryl methyl sites for hydroxylation is 3. The van der Waals surface area contributed by atoms with Crippen LogP contribution >= 0.6 is 23.2 Å². The Bertz CT molecular complexity index is 1920. The largest absolute Gasteiger partial charge is 0.324 e. The van der Waals surface area contributed by atoms with Gasteiger partial charge < -0.3 is 10.6 Å². The molecule has 2 atom stereocenters. The van der Waals surface area contributed by atoms with E-state index in [9.17, 15) is 19.2 Å². The van der Waals surface area contributed by atoms with Gasteiger partial charge in [-0.05, 0) is 93.3 Å². The number of nitrogens with zero attached hydrogens (tertiary/aromatic N) is 4. The Balaban J connectivity index is 1.47. The molecule has 47 heavy (non-hydrogen) atoms. The zero-order valence-electron chi connectivity index (χ0n) is 26.3. The number of carbonyl (C=O) groups excluding carboxylic acids is 4. The van der Waals surface area contributed by atoms with E-state index in [1.807, 2.05) is 45.0 Å². The van der Waals surface area contributed by atoms with Crippen LogP contribution in [0.5, 0.6) is 0 Å². The Hall–Kier alpha value is -5.06. The minimum absolute atomic E-state index is 0.229. The van der Waals surface area contributed by atoms with Crippen molar-refractivity contribution in [1.82, 2.24) is 0 Å². The van der Waals surface area contributed by atoms with Crippen molar-refractivity contribution >= 4 is 69.3 Å². The first kappa shape index (κ1) is 34.8. The van der Waals surface area contributed by atoms with Gasteiger partial charge in [-0.2, -0.15) is 20.5 Å². The van der Waals surface area contributed by atoms with Crippen LogP contribution in [0.3, 0.4) is 0 Å². The van der Waals surface area contributed by atoms with Crippen molar-refractivity contribution in [2.24, 2.45) is 20.5 Å². The number of ketones is 2. The van der Waals surface area contributed by atoms with E-state index in [-0.39, 0.29) is 21.4 Å². The van der Waals surface area contributed by atoms with Crippen LogP contribution in [0.1, 0.15) is 30.5 Å². The van der Waals surface area contributed by atoms with Gasteiger partial charge in [0.25, 0.3) is 11.8 Å². The number of halogens is 2. The lowest BCUT2D eigenvalue weighted by Crippen LogP contribution is -2.32. The zero-order valence-corrected chi connectivity index (χ0v) is 27.8. The second kappa shape index (κ2) is 15.5. The maximum absolute atomic E-state index is 12.9. The molecule has 0 aromatic heterocycles. The van der Waals surface area contributed by atoms with Gasteiger partial charge in [-0.3, -0.25) is 19.2 Å². The minimum Gasteiger partial charge on any atom is -0.324 e. The predicted octanol–water partition coefficient (Wildman–Crippen LogP) is 8.95. The number of nitrogens with one attached hydrogen (secondary N) is 2. The summed E-state index contributed by atoms with van der Waals surface area (Å²) in [7, 11) is 0. The smallest absolute Gasteiger partial charge is 0.258 e. The van der Waals surface area contributed by atoms with Crippen molar-refractivity contribution in [2.45, 2.75) is 46.7 Å². The van der Waals surface area contributed by atoms with Crippen molar-refractivity contribution < 1.29 is 19.2 Å². The molecule has 4 aromatic carbocycles. The molecule has 0 radical (unpaired) electrons. The van der Waals surface area contributed by atoms with Gasteiger partial charge in [0, 0.05) is 11.4 Å². The van der Waals surface area contributed by atoms with E-state index in [4.69, 9.17) is 23.2 Å². The molecule has 12 heteroatoms. The number of amides is 2. The molecule has 4 aromatic rings. The van der Waals surface area contributed by atoms with Crippen LogP contribution in [0.25, 0.3) is 11.1 Å². The number of anilines is 2. The van der Waals surface area contributed by atoms with Gasteiger partial charge in [-0.25, -0.2) is 0 Å². The van der Waals surface area contributed by atoms with Crippen molar-refractivity contribution in [1.29, 1.82) is 0 Å². The second-order valence-electron chi connectivity index (χ2n) is 10.9. The highest BCUT2D eigenvalue weighted by Crippen LogP contribution is 2.35. The quantitative estimate of drug-likeness (QED) is 0.121. The minimum atomic E-state index is -1.36. The summed E-state index contributed by atoms with van der Waals surface area (Å²) >= 11 is 13.0. The molecule has 2 unspecified atom stereocenters. The molecule has 10 nitrogen and oxygen atoms in total. The molecule has 0 saturated heterocycles. The van der Waals surface area contributed by atoms with E-state index < -0.39 is 35.5 Å². The predicted molar refractivity (Wildman–Crippen MR) is 184 cm³/mol. The van der Waals surface area contributed by atoms with Crippen LogP contribution in [0.2, 0.25) is 10.0 Å². The summed E-state index contributed by atoms with van der Waals surface area (Å²) in [4.78, 5) is 50.1. The summed E-state index contributed by atoms with van der Waals surface area (Å²) < 4.78 is 0. The Morgan fingerprint density at radius 1 is 0.596 bits per heavy atom. The van der Waals surface area contributed by atoms with E-state index in [0.29, 0.717) is 22.5 Å². The molecule has 2 N–H and O–H groups in total. The lowest BCUT2D eigenvalue weighted by Gasteiger charge is -2.12. The highest BCUT2D eigenvalue weighted by molar-refractivity contribution is 6.34. The van der Waals surface area contributed by atoms with Crippen LogP contribution in [0.4, 0.5) is 22.7 Å². The fourth-order valence-corrected chi connectivity index (χ4v) is 4.92. The van der Waals surface area contributed by atoms with Crippen molar-refractivity contribution in [2.75, 3.05) is 10.6 Å². The standard InChI is InChI=1S/C35H32Cl2N6O4/c1-19-10-13-29(21(3)16-19)39-35(47)33(23(5)45)43-41-31-15-12-25(18-27(31)37)24-11-14-30(26(36)17-24)40-42-32(22(4)44)34(46)38-28-9-7-6-8-20(28)2/h6-18,32-33H,1-5H3,(H,38,46)(H,39,47). The molecule has 0 aliphatic heterocycles. The van der Waals surface area contributed by atoms with E-state index in [0.717, 1.165) is 16.7 Å². The number of Topliss-reactive ketones (excluding diaryl/α,β-unsaturated/α-hetero) is 2. The van der Waals surface area contributed by atoms with Crippen molar-refractivity contribution in [3.05, 3.63) is 106 Å². The average Bonchev–Trinajstić information content (AvgIpc) is 3.01. The van der Waals surface area contributed by atoms with Gasteiger partial charge in [0.15, 0.2) is 11.6 Å². The average molecular weight is 672 g/mol. The second-order valence-corrected chi connectivity index (χ2v) is 11.7. The van der Waals surface area contributed by atoms with Crippen LogP contribution in [0.15, 0.2) is 99.3 Å². The van der Waals surface area contributed by atoms with Crippen LogP contribution in [-0.4, -0.2) is 35.5 Å². The number of hydrogen-bond acceptors (Lipinski definition) is 8. The summed E-state index contributed by atoms with van der Waals surface area (Å²) in [6.45, 7) is 8.17. The van der Waals surface area contributed by atoms with Gasteiger partial charge in [0.2, 0.25) is 12.1 Å². The Morgan fingerprint density at radius 2 is 1.06 bits per heavy atom. The number of carbonyl (C=O) groups is 4. The maximum Gasteiger partial charge on any atom is 0.258 e. The molecule has 0 spiro atoms. The third-order valence-corrected chi connectivity index (χ3v) is 7.71. The molecule has 0 bridgehead atoms. The molecule has 0 aliphatic rings. The van der Waals surface area contributed by atoms with E-state index in [1.165, 1.54) is 13.8 Å². The monoisotopic (exact) mass is 670 g/mol. The highest BCUT2D eigenvalue weighted by Gasteiger charge is 2.25. The Labute approximate surface area is 282 Å². The van der Waals surface area contributed by atoms with Crippen molar-refractivity contribution in [3.63, 3.8) is 0 Å². The van der Waals surface area contributed by atoms with Gasteiger partial charge in [0.1, 0.15) is 11.4 Å². The van der Waals surface area contributed by atoms with E-state index >= 15 is 0 Å². The molecule has 4 rings (SSSR count). The number of azo groups is 2. The van der Waals surface area contributed by atoms with Gasteiger partial charge in [-0.15, -0.1) is 0 Å². The fraction of sp³-hybridized carbons (Fsp3) is 0.200. The maximum atomic E-state index is 12.9. The molecule has 240 valence electrons. The lowest BCUT2D eigenvalue weighted by molar-refractivity contribution is -0.127. The molecule has 0 saturated carbocycles. The topological polar surface area (TPSA) is 142 Å². The van der Waals surface area contributed by atoms with Crippen LogP contribution in [0, 0.1) is 20.8 Å². The summed E-state index contributed by atoms with van der Waals surface area (Å²) in [6, 6.07) is 20.0. The molecular weight excluding hydrogens is 639 g/mol. The number of para-hydroxylation sites is 1. The molecule has 0 heterocycles. The van der Waals surface area contributed by atoms with Crippen molar-refractivity contribution in [3.8, 4) is 11.1 Å². The first-order valence-electron chi connectivity index (χ1n) is 14.5. The zero-order chi connectivity index (χ0) is 34.2. The first-order chi connectivity index (χ1) is 22.3. The number of rotatable bonds is 11. The number of hydrogen-bond donors (Lipinski definition) is 2. The van der Waals surface area contributed by atoms with Gasteiger partial charge in [-0.1, -0.05) is 71.2 Å². The van der Waals surface area contributed by atoms with E-state index in [2.05, 4.69) is 31.1 Å². The molecular formula is C35H32Cl2N6O4. The third-order valence-electron chi connectivity index (χ3n) is 7.10. The first-order valence-corrected chi connectivity index (χ1v) is 15.3. The normalized spacial score (nSPS) is 12.6. The SMILES string of the molecule is CC(=O)C(N=Nc1ccc(-c2ccc(N=NC(C(C)=O)C(=O)Nc3ccc(C)cc3C)c(Cl)c2)cc1Cl)C(=O)Nc1ccccc1C. The van der Waals surface area contributed by atoms with Crippen LogP contribution < -0.4 is 10.6 Å².